The Labute approximate surface area is 378 Å². The minimum atomic E-state index is 0.0185. The highest BCUT2D eigenvalue weighted by atomic mass is 16.2. The molecule has 18 nitrogen and oxygen atoms in total. The Morgan fingerprint density at radius 1 is 0.406 bits per heavy atom. The highest BCUT2D eigenvalue weighted by Crippen LogP contribution is 2.01. The SMILES string of the molecule is CN1CCN(C)C1=O.Cc1ccc(C)nc1.Cc1ccnc(C)n1.Cc1cnc(C)cn1.Cc1cncc(C)n1.Cc1cncc(C)n1.Cc1ncnc(C)n1.Cn1ccn(C)c1=O. The van der Waals surface area contributed by atoms with Crippen LogP contribution in [-0.4, -0.2) is 112 Å². The van der Waals surface area contributed by atoms with Crippen LogP contribution < -0.4 is 5.69 Å². The van der Waals surface area contributed by atoms with E-state index in [4.69, 9.17) is 0 Å². The van der Waals surface area contributed by atoms with Crippen molar-refractivity contribution >= 4 is 6.03 Å². The van der Waals surface area contributed by atoms with Crippen LogP contribution in [0.15, 0.2) is 91.3 Å². The molecule has 18 heteroatoms. The number of pyridine rings is 1. The summed E-state index contributed by atoms with van der Waals surface area (Å²) in [5, 5.41) is 0. The Kier molecular flexibility index (Phi) is 25.6. The standard InChI is InChI=1S/C7H9N.4C6H8N2.C5H7N3.C5H10N2O.C5H8N2O/c1-6-3-4-7(2)8-5-6;1-5-3-8-6(2)4-7-5;2*1-5-3-7-4-6(2)8-5;1-5-3-4-7-6(2)8-5;1-4-6-3-7-5(2)8-4;2*1-6-3-4-7(2)5(6)8/h3-5H,1-2H3;4*3-4H,1-2H3;3H,1-2H3;3-4H2,1-2H3;3-4H,1-2H3. The number of aromatic nitrogens is 14. The average Bonchev–Trinajstić information content (AvgIpc) is 3.70. The summed E-state index contributed by atoms with van der Waals surface area (Å²) in [5.41, 5.74) is 9.19. The number of nitrogens with zero attached hydrogens (tertiary/aromatic N) is 16. The Balaban J connectivity index is 0.000000366. The van der Waals surface area contributed by atoms with Gasteiger partial charge in [0.05, 0.1) is 34.2 Å². The molecule has 1 saturated heterocycles. The van der Waals surface area contributed by atoms with Gasteiger partial charge in [-0.3, -0.25) is 34.9 Å². The first kappa shape index (κ1) is 54.8. The van der Waals surface area contributed by atoms with Crippen molar-refractivity contribution in [2.45, 2.75) is 83.1 Å². The quantitative estimate of drug-likeness (QED) is 0.165. The van der Waals surface area contributed by atoms with Gasteiger partial charge in [-0.2, -0.15) is 0 Å². The van der Waals surface area contributed by atoms with E-state index in [0.717, 1.165) is 76.1 Å². The summed E-state index contributed by atoms with van der Waals surface area (Å²) in [6.45, 7) is 24.8. The second-order valence-corrected chi connectivity index (χ2v) is 14.6. The van der Waals surface area contributed by atoms with Crippen molar-refractivity contribution < 1.29 is 4.79 Å². The third-order valence-corrected chi connectivity index (χ3v) is 7.99. The first-order chi connectivity index (χ1) is 30.2. The molecule has 342 valence electrons. The van der Waals surface area contributed by atoms with Gasteiger partial charge in [0.2, 0.25) is 0 Å². The molecule has 0 unspecified atom stereocenters. The normalized spacial score (nSPS) is 10.7. The Morgan fingerprint density at radius 3 is 1.05 bits per heavy atom. The van der Waals surface area contributed by atoms with E-state index in [1.807, 2.05) is 116 Å². The predicted octanol–water partition coefficient (Wildman–Crippen LogP) is 6.27. The molecule has 8 heterocycles. The molecule has 0 N–H and O–H groups in total. The molecule has 0 atom stereocenters. The van der Waals surface area contributed by atoms with E-state index in [9.17, 15) is 9.59 Å². The van der Waals surface area contributed by atoms with Crippen molar-refractivity contribution in [3.05, 3.63) is 166 Å². The second-order valence-electron chi connectivity index (χ2n) is 14.6. The number of hydrogen-bond acceptors (Lipinski definition) is 14. The fourth-order valence-corrected chi connectivity index (χ4v) is 4.60. The molecule has 0 aromatic carbocycles. The van der Waals surface area contributed by atoms with Crippen LogP contribution in [0.2, 0.25) is 0 Å². The summed E-state index contributed by atoms with van der Waals surface area (Å²) in [6, 6.07) is 6.08. The van der Waals surface area contributed by atoms with Crippen molar-refractivity contribution in [2.75, 3.05) is 27.2 Å². The van der Waals surface area contributed by atoms with Crippen LogP contribution in [0.1, 0.15) is 68.6 Å². The molecular weight excluding hydrogens is 809 g/mol. The van der Waals surface area contributed by atoms with Gasteiger partial charge < -0.3 is 18.9 Å². The lowest BCUT2D eigenvalue weighted by molar-refractivity contribution is 0.205. The molecule has 0 aliphatic carbocycles. The largest absolute Gasteiger partial charge is 0.327 e. The van der Waals surface area contributed by atoms with Gasteiger partial charge in [-0.15, -0.1) is 0 Å². The lowest BCUT2D eigenvalue weighted by Gasteiger charge is -2.07. The Morgan fingerprint density at radius 2 is 0.828 bits per heavy atom. The van der Waals surface area contributed by atoms with E-state index in [-0.39, 0.29) is 11.7 Å². The Hall–Kier alpha value is -7.24. The minimum absolute atomic E-state index is 0.0185. The van der Waals surface area contributed by atoms with Crippen LogP contribution in [0.4, 0.5) is 4.79 Å². The van der Waals surface area contributed by atoms with Crippen molar-refractivity contribution in [3.63, 3.8) is 0 Å². The van der Waals surface area contributed by atoms with Crippen molar-refractivity contribution in [1.29, 1.82) is 0 Å². The molecule has 7 aromatic heterocycles. The van der Waals surface area contributed by atoms with Crippen LogP contribution in [0, 0.1) is 83.1 Å². The van der Waals surface area contributed by atoms with Gasteiger partial charge in [0.15, 0.2) is 0 Å². The van der Waals surface area contributed by atoms with Gasteiger partial charge in [0.1, 0.15) is 23.8 Å². The molecule has 7 aromatic rings. The van der Waals surface area contributed by atoms with Crippen LogP contribution in [0.25, 0.3) is 0 Å². The molecule has 0 saturated carbocycles. The average molecular weight is 875 g/mol. The molecule has 2 amide bonds. The van der Waals surface area contributed by atoms with Crippen molar-refractivity contribution in [1.82, 2.24) is 78.7 Å². The smallest absolute Gasteiger partial charge is 0.326 e. The zero-order valence-corrected chi connectivity index (χ0v) is 40.5. The van der Waals surface area contributed by atoms with Gasteiger partial charge in [-0.05, 0) is 101 Å². The number of imidazole rings is 1. The molecule has 8 rings (SSSR count). The molecule has 0 radical (unpaired) electrons. The second kappa shape index (κ2) is 29.9. The molecule has 1 aliphatic rings. The Bertz CT molecular complexity index is 2070. The number of amides is 2. The van der Waals surface area contributed by atoms with Crippen molar-refractivity contribution in [2.24, 2.45) is 14.1 Å². The fraction of sp³-hybridized carbons (Fsp3) is 0.391. The van der Waals surface area contributed by atoms with E-state index < -0.39 is 0 Å². The summed E-state index contributed by atoms with van der Waals surface area (Å²) in [5.74, 6) is 2.39. The van der Waals surface area contributed by atoms with E-state index in [1.165, 1.54) is 21.0 Å². The predicted molar refractivity (Wildman–Crippen MR) is 250 cm³/mol. The summed E-state index contributed by atoms with van der Waals surface area (Å²) in [4.78, 5) is 72.6. The number of rotatable bonds is 0. The molecule has 0 bridgehead atoms. The lowest BCUT2D eigenvalue weighted by Crippen LogP contribution is -2.25. The highest BCUT2D eigenvalue weighted by Gasteiger charge is 2.20. The van der Waals surface area contributed by atoms with Gasteiger partial charge in [0, 0.05) is 115 Å². The minimum Gasteiger partial charge on any atom is -0.326 e. The summed E-state index contributed by atoms with van der Waals surface area (Å²) in [6.07, 6.45) is 19.1. The highest BCUT2D eigenvalue weighted by molar-refractivity contribution is 5.75. The van der Waals surface area contributed by atoms with Gasteiger partial charge in [0.25, 0.3) is 0 Å². The monoisotopic (exact) mass is 875 g/mol. The molecular formula is C46H66N16O2. The molecule has 64 heavy (non-hydrogen) atoms. The van der Waals surface area contributed by atoms with E-state index >= 15 is 0 Å². The first-order valence-corrected chi connectivity index (χ1v) is 20.3. The maximum absolute atomic E-state index is 10.8. The summed E-state index contributed by atoms with van der Waals surface area (Å²) < 4.78 is 3.06. The van der Waals surface area contributed by atoms with E-state index in [1.54, 1.807) is 79.7 Å². The maximum Gasteiger partial charge on any atom is 0.327 e. The summed E-state index contributed by atoms with van der Waals surface area (Å²) >= 11 is 0. The van der Waals surface area contributed by atoms with Gasteiger partial charge in [-0.1, -0.05) is 6.07 Å². The number of aryl methyl sites for hydroxylation is 14. The van der Waals surface area contributed by atoms with Gasteiger partial charge in [-0.25, -0.2) is 34.5 Å². The van der Waals surface area contributed by atoms with Crippen molar-refractivity contribution in [3.8, 4) is 0 Å². The number of likely N-dealkylation sites (N-methyl/N-ethyl adjacent to an activating group) is 2. The van der Waals surface area contributed by atoms with Crippen LogP contribution in [-0.2, 0) is 14.1 Å². The zero-order valence-electron chi connectivity index (χ0n) is 40.5. The number of urea groups is 1. The van der Waals surface area contributed by atoms with Crippen LogP contribution in [0.5, 0.6) is 0 Å². The van der Waals surface area contributed by atoms with Gasteiger partial charge >= 0.3 is 11.7 Å². The third kappa shape index (κ3) is 25.5. The lowest BCUT2D eigenvalue weighted by atomic mass is 10.3. The maximum atomic E-state index is 10.8. The number of hydrogen-bond donors (Lipinski definition) is 0. The first-order valence-electron chi connectivity index (χ1n) is 20.3. The fourth-order valence-electron chi connectivity index (χ4n) is 4.60. The number of carbonyl (C=O) groups is 1. The topological polar surface area (TPSA) is 205 Å². The van der Waals surface area contributed by atoms with E-state index in [0.29, 0.717) is 0 Å². The number of carbonyl (C=O) groups excluding carboxylic acids is 1. The zero-order chi connectivity index (χ0) is 48.2. The molecule has 0 spiro atoms. The molecule has 1 fully saturated rings. The van der Waals surface area contributed by atoms with Crippen LogP contribution >= 0.6 is 0 Å². The third-order valence-electron chi connectivity index (χ3n) is 7.99. The van der Waals surface area contributed by atoms with Crippen LogP contribution in [0.3, 0.4) is 0 Å². The molecule has 1 aliphatic heterocycles. The van der Waals surface area contributed by atoms with E-state index in [2.05, 4.69) is 65.9 Å². The summed E-state index contributed by atoms with van der Waals surface area (Å²) in [7, 11) is 7.07.